The highest BCUT2D eigenvalue weighted by atomic mass is 32.1. The number of ether oxygens (including phenoxy) is 1. The van der Waals surface area contributed by atoms with Crippen molar-refractivity contribution in [2.24, 2.45) is 5.92 Å². The molecule has 0 bridgehead atoms. The summed E-state index contributed by atoms with van der Waals surface area (Å²) in [4.78, 5) is 47.3. The molecular formula is C26H26N4O4S. The number of benzene rings is 1. The van der Waals surface area contributed by atoms with Crippen LogP contribution in [0.4, 0.5) is 4.79 Å². The Bertz CT molecular complexity index is 1210. The third-order valence-electron chi connectivity index (χ3n) is 6.90. The number of amides is 4. The standard InChI is InChI=1S/C26H26N4O4S/c1-34-22-6-4-19(5-7-22)23(31)29-12-8-20(9-13-29)26(21-3-2-11-27-15-21)24(32)30(25(33)28-26)16-18-10-14-35-17-18/h2-7,10-11,14-15,17,20H,8-9,12-13,16H2,1H3,(H,28,33)/t26-/m0/s1. The number of pyridine rings is 1. The zero-order valence-corrected chi connectivity index (χ0v) is 20.2. The predicted octanol–water partition coefficient (Wildman–Crippen LogP) is 3.65. The normalized spacial score (nSPS) is 20.7. The van der Waals surface area contributed by atoms with Crippen LogP contribution in [0.15, 0.2) is 65.6 Å². The Hall–Kier alpha value is -3.72. The summed E-state index contributed by atoms with van der Waals surface area (Å²) in [6, 6.07) is 12.2. The molecular weight excluding hydrogens is 464 g/mol. The molecule has 0 radical (unpaired) electrons. The second kappa shape index (κ2) is 9.50. The molecule has 35 heavy (non-hydrogen) atoms. The average molecular weight is 491 g/mol. The summed E-state index contributed by atoms with van der Waals surface area (Å²) in [6.07, 6.45) is 4.46. The highest BCUT2D eigenvalue weighted by molar-refractivity contribution is 7.07. The molecule has 3 aromatic rings. The Morgan fingerprint density at radius 3 is 2.57 bits per heavy atom. The quantitative estimate of drug-likeness (QED) is 0.533. The van der Waals surface area contributed by atoms with Crippen LogP contribution in [0.2, 0.25) is 0 Å². The van der Waals surface area contributed by atoms with E-state index in [9.17, 15) is 14.4 Å². The van der Waals surface area contributed by atoms with Crippen molar-refractivity contribution in [1.29, 1.82) is 0 Å². The Morgan fingerprint density at radius 1 is 1.17 bits per heavy atom. The molecule has 180 valence electrons. The van der Waals surface area contributed by atoms with Crippen LogP contribution in [-0.4, -0.2) is 52.8 Å². The number of piperidine rings is 1. The van der Waals surface area contributed by atoms with Crippen molar-refractivity contribution in [3.8, 4) is 5.75 Å². The molecule has 4 heterocycles. The van der Waals surface area contributed by atoms with Crippen molar-refractivity contribution in [3.63, 3.8) is 0 Å². The van der Waals surface area contributed by atoms with E-state index in [2.05, 4.69) is 10.3 Å². The second-order valence-corrected chi connectivity index (χ2v) is 9.58. The van der Waals surface area contributed by atoms with Gasteiger partial charge >= 0.3 is 6.03 Å². The van der Waals surface area contributed by atoms with Crippen molar-refractivity contribution in [3.05, 3.63) is 82.3 Å². The Balaban J connectivity index is 1.38. The van der Waals surface area contributed by atoms with Crippen molar-refractivity contribution in [2.75, 3.05) is 20.2 Å². The molecule has 8 nitrogen and oxygen atoms in total. The molecule has 5 rings (SSSR count). The Morgan fingerprint density at radius 2 is 1.94 bits per heavy atom. The maximum Gasteiger partial charge on any atom is 0.325 e. The van der Waals surface area contributed by atoms with Gasteiger partial charge in [0, 0.05) is 36.6 Å². The molecule has 4 amide bonds. The first-order valence-corrected chi connectivity index (χ1v) is 12.5. The van der Waals surface area contributed by atoms with E-state index < -0.39 is 11.6 Å². The fraction of sp³-hybridized carbons (Fsp3) is 0.308. The largest absolute Gasteiger partial charge is 0.497 e. The fourth-order valence-electron chi connectivity index (χ4n) is 5.04. The molecule has 2 saturated heterocycles. The summed E-state index contributed by atoms with van der Waals surface area (Å²) in [7, 11) is 1.59. The van der Waals surface area contributed by atoms with Gasteiger partial charge in [-0.2, -0.15) is 11.3 Å². The molecule has 2 aliphatic heterocycles. The summed E-state index contributed by atoms with van der Waals surface area (Å²) < 4.78 is 5.18. The lowest BCUT2D eigenvalue weighted by atomic mass is 9.73. The predicted molar refractivity (Wildman–Crippen MR) is 131 cm³/mol. The molecule has 2 aliphatic rings. The lowest BCUT2D eigenvalue weighted by molar-refractivity contribution is -0.134. The monoisotopic (exact) mass is 490 g/mol. The van der Waals surface area contributed by atoms with E-state index in [0.29, 0.717) is 42.8 Å². The number of carbonyl (C=O) groups is 3. The number of aromatic nitrogens is 1. The van der Waals surface area contributed by atoms with Gasteiger partial charge in [-0.1, -0.05) is 6.07 Å². The number of nitrogens with one attached hydrogen (secondary N) is 1. The number of rotatable bonds is 6. The van der Waals surface area contributed by atoms with Crippen LogP contribution in [-0.2, 0) is 16.9 Å². The van der Waals surface area contributed by atoms with Crippen LogP contribution >= 0.6 is 11.3 Å². The van der Waals surface area contributed by atoms with Gasteiger partial charge in [-0.25, -0.2) is 4.79 Å². The van der Waals surface area contributed by atoms with E-state index in [1.54, 1.807) is 54.7 Å². The molecule has 0 unspecified atom stereocenters. The number of hydrogen-bond donors (Lipinski definition) is 1. The zero-order valence-electron chi connectivity index (χ0n) is 19.3. The van der Waals surface area contributed by atoms with Gasteiger partial charge in [-0.3, -0.25) is 19.5 Å². The van der Waals surface area contributed by atoms with Crippen LogP contribution in [0.3, 0.4) is 0 Å². The fourth-order valence-corrected chi connectivity index (χ4v) is 5.70. The summed E-state index contributed by atoms with van der Waals surface area (Å²) in [6.45, 7) is 1.21. The van der Waals surface area contributed by atoms with E-state index in [-0.39, 0.29) is 24.3 Å². The molecule has 0 spiro atoms. The molecule has 1 aromatic carbocycles. The highest BCUT2D eigenvalue weighted by Gasteiger charge is 2.57. The van der Waals surface area contributed by atoms with Gasteiger partial charge in [-0.15, -0.1) is 0 Å². The summed E-state index contributed by atoms with van der Waals surface area (Å²) in [5.41, 5.74) is 0.987. The minimum Gasteiger partial charge on any atom is -0.497 e. The third kappa shape index (κ3) is 4.16. The number of imide groups is 1. The van der Waals surface area contributed by atoms with Gasteiger partial charge in [0.2, 0.25) is 0 Å². The minimum absolute atomic E-state index is 0.0533. The van der Waals surface area contributed by atoms with E-state index >= 15 is 0 Å². The summed E-state index contributed by atoms with van der Waals surface area (Å²) in [5, 5.41) is 6.90. The maximum atomic E-state index is 13.9. The van der Waals surface area contributed by atoms with Gasteiger partial charge in [0.1, 0.15) is 5.75 Å². The molecule has 1 atom stereocenters. The van der Waals surface area contributed by atoms with Gasteiger partial charge in [0.05, 0.1) is 13.7 Å². The average Bonchev–Trinajstić information content (AvgIpc) is 3.52. The topological polar surface area (TPSA) is 91.8 Å². The summed E-state index contributed by atoms with van der Waals surface area (Å²) in [5.74, 6) is 0.209. The lowest BCUT2D eigenvalue weighted by Gasteiger charge is -2.41. The SMILES string of the molecule is COc1ccc(C(=O)N2CCC([C@@]3(c4cccnc4)NC(=O)N(Cc4ccsc4)C3=O)CC2)cc1. The lowest BCUT2D eigenvalue weighted by Crippen LogP contribution is -2.54. The second-order valence-electron chi connectivity index (χ2n) is 8.80. The van der Waals surface area contributed by atoms with Crippen molar-refractivity contribution >= 4 is 29.2 Å². The Labute approximate surface area is 207 Å². The van der Waals surface area contributed by atoms with Gasteiger partial charge in [0.25, 0.3) is 11.8 Å². The van der Waals surface area contributed by atoms with Gasteiger partial charge < -0.3 is 15.0 Å². The third-order valence-corrected chi connectivity index (χ3v) is 7.63. The first-order chi connectivity index (χ1) is 17.0. The highest BCUT2D eigenvalue weighted by Crippen LogP contribution is 2.41. The molecule has 2 aromatic heterocycles. The first-order valence-electron chi connectivity index (χ1n) is 11.5. The molecule has 0 saturated carbocycles. The zero-order chi connectivity index (χ0) is 24.4. The molecule has 9 heteroatoms. The van der Waals surface area contributed by atoms with Gasteiger partial charge in [0.15, 0.2) is 5.54 Å². The minimum atomic E-state index is -1.20. The van der Waals surface area contributed by atoms with E-state index in [4.69, 9.17) is 4.74 Å². The maximum absolute atomic E-state index is 13.9. The summed E-state index contributed by atoms with van der Waals surface area (Å²) >= 11 is 1.53. The Kier molecular flexibility index (Phi) is 6.25. The number of likely N-dealkylation sites (tertiary alicyclic amines) is 1. The number of nitrogens with zero attached hydrogens (tertiary/aromatic N) is 3. The molecule has 2 fully saturated rings. The van der Waals surface area contributed by atoms with Crippen LogP contribution in [0.5, 0.6) is 5.75 Å². The van der Waals surface area contributed by atoms with E-state index in [1.165, 1.54) is 16.2 Å². The van der Waals surface area contributed by atoms with Crippen LogP contribution in [0, 0.1) is 5.92 Å². The van der Waals surface area contributed by atoms with Crippen LogP contribution < -0.4 is 10.1 Å². The smallest absolute Gasteiger partial charge is 0.325 e. The van der Waals surface area contributed by atoms with Crippen molar-refractivity contribution in [2.45, 2.75) is 24.9 Å². The van der Waals surface area contributed by atoms with Crippen LogP contribution in [0.1, 0.15) is 34.3 Å². The number of methoxy groups -OCH3 is 1. The number of hydrogen-bond acceptors (Lipinski definition) is 6. The van der Waals surface area contributed by atoms with Gasteiger partial charge in [-0.05, 0) is 71.5 Å². The molecule has 0 aliphatic carbocycles. The number of thiophene rings is 1. The van der Waals surface area contributed by atoms with E-state index in [0.717, 1.165) is 5.56 Å². The van der Waals surface area contributed by atoms with Crippen LogP contribution in [0.25, 0.3) is 0 Å². The molecule has 1 N–H and O–H groups in total. The first kappa shape index (κ1) is 23.0. The number of carbonyl (C=O) groups excluding carboxylic acids is 3. The van der Waals surface area contributed by atoms with Crippen molar-refractivity contribution < 1.29 is 19.1 Å². The number of urea groups is 1. The van der Waals surface area contributed by atoms with Crippen molar-refractivity contribution in [1.82, 2.24) is 20.1 Å². The van der Waals surface area contributed by atoms with E-state index in [1.807, 2.05) is 22.9 Å².